The number of benzene rings is 2. The Labute approximate surface area is 213 Å². The molecule has 4 N–H and O–H groups in total. The van der Waals surface area contributed by atoms with Crippen molar-refractivity contribution in [3.8, 4) is 0 Å². The van der Waals surface area contributed by atoms with Crippen molar-refractivity contribution in [3.63, 3.8) is 0 Å². The van der Waals surface area contributed by atoms with Gasteiger partial charge in [-0.15, -0.1) is 0 Å². The first-order valence-corrected chi connectivity index (χ1v) is 14.4. The molecule has 0 heterocycles. The van der Waals surface area contributed by atoms with E-state index in [2.05, 4.69) is 0 Å². The van der Waals surface area contributed by atoms with Crippen LogP contribution in [-0.2, 0) is 37.9 Å². The maximum atomic E-state index is 13.6. The number of unbranched alkanes of at least 4 members (excludes halogenated alkanes) is 2. The van der Waals surface area contributed by atoms with E-state index in [0.717, 1.165) is 29.5 Å². The largest absolute Gasteiger partial charge is 0.480 e. The Morgan fingerprint density at radius 1 is 1.00 bits per heavy atom. The number of aliphatic carboxylic acids is 1. The second kappa shape index (κ2) is 13.7. The number of hydrogen-bond donors (Lipinski definition) is 3. The lowest BCUT2D eigenvalue weighted by molar-refractivity contribution is -0.150. The number of hydrogen-bond acceptors (Lipinski definition) is 5. The lowest BCUT2D eigenvalue weighted by Gasteiger charge is -2.31. The maximum Gasteiger partial charge on any atom is 0.328 e. The second-order valence-electron chi connectivity index (χ2n) is 9.37. The van der Waals surface area contributed by atoms with Gasteiger partial charge in [0.25, 0.3) is 5.91 Å². The van der Waals surface area contributed by atoms with Crippen molar-refractivity contribution in [2.45, 2.75) is 63.5 Å². The van der Waals surface area contributed by atoms with Crippen LogP contribution in [0.15, 0.2) is 54.6 Å². The van der Waals surface area contributed by atoms with Gasteiger partial charge in [-0.05, 0) is 74.6 Å². The van der Waals surface area contributed by atoms with E-state index in [9.17, 15) is 24.2 Å². The van der Waals surface area contributed by atoms with Gasteiger partial charge in [0.2, 0.25) is 0 Å². The summed E-state index contributed by atoms with van der Waals surface area (Å²) in [6, 6.07) is 17.3. The molecule has 0 saturated carbocycles. The lowest BCUT2D eigenvalue weighted by Crippen LogP contribution is -2.49. The molecule has 2 atom stereocenters. The number of carboxylic acid groups (broad SMARTS) is 1. The van der Waals surface area contributed by atoms with E-state index in [0.29, 0.717) is 38.6 Å². The molecule has 3 rings (SSSR count). The minimum atomic E-state index is -4.06. The fourth-order valence-electron chi connectivity index (χ4n) is 4.71. The summed E-state index contributed by atoms with van der Waals surface area (Å²) in [6.07, 6.45) is 3.19. The van der Waals surface area contributed by atoms with Gasteiger partial charge in [-0.1, -0.05) is 54.6 Å². The van der Waals surface area contributed by atoms with Gasteiger partial charge in [-0.2, -0.15) is 0 Å². The molecule has 36 heavy (non-hydrogen) atoms. The molecule has 0 bridgehead atoms. The van der Waals surface area contributed by atoms with Gasteiger partial charge in [0.05, 0.1) is 6.16 Å². The molecule has 196 valence electrons. The summed E-state index contributed by atoms with van der Waals surface area (Å²) in [5.74, 6) is -1.68. The van der Waals surface area contributed by atoms with E-state index < -0.39 is 32.1 Å². The van der Waals surface area contributed by atoms with Crippen LogP contribution in [-0.4, -0.2) is 58.2 Å². The Morgan fingerprint density at radius 2 is 1.64 bits per heavy atom. The number of amides is 1. The zero-order chi connectivity index (χ0) is 26.0. The van der Waals surface area contributed by atoms with Gasteiger partial charge in [-0.25, -0.2) is 0 Å². The summed E-state index contributed by atoms with van der Waals surface area (Å²) in [6.45, 7) is -0.0605. The van der Waals surface area contributed by atoms with E-state index in [1.165, 1.54) is 4.90 Å². The zero-order valence-corrected chi connectivity index (χ0v) is 21.5. The topological polar surface area (TPSA) is 130 Å². The number of nitrogens with two attached hydrogens (primary N) is 1. The molecule has 0 aromatic heterocycles. The van der Waals surface area contributed by atoms with Gasteiger partial charge in [0.15, 0.2) is 0 Å². The number of carbonyl (C=O) groups is 2. The summed E-state index contributed by atoms with van der Waals surface area (Å²) >= 11 is 0. The molecule has 2 unspecified atom stereocenters. The lowest BCUT2D eigenvalue weighted by atomic mass is 10.1. The van der Waals surface area contributed by atoms with Crippen LogP contribution in [0.5, 0.6) is 0 Å². The molecule has 8 nitrogen and oxygen atoms in total. The van der Waals surface area contributed by atoms with Crippen LogP contribution < -0.4 is 5.73 Å². The summed E-state index contributed by atoms with van der Waals surface area (Å²) in [4.78, 5) is 37.1. The maximum absolute atomic E-state index is 13.6. The molecule has 1 amide bonds. The van der Waals surface area contributed by atoms with Crippen LogP contribution in [0.4, 0.5) is 0 Å². The third-order valence-electron chi connectivity index (χ3n) is 6.55. The van der Waals surface area contributed by atoms with Crippen molar-refractivity contribution in [2.75, 3.05) is 19.3 Å². The van der Waals surface area contributed by atoms with Crippen molar-refractivity contribution < 1.29 is 28.7 Å². The number of rotatable bonds is 15. The highest BCUT2D eigenvalue weighted by Crippen LogP contribution is 2.45. The summed E-state index contributed by atoms with van der Waals surface area (Å²) < 4.78 is 18.5. The van der Waals surface area contributed by atoms with Gasteiger partial charge in [-0.3, -0.25) is 18.7 Å². The average Bonchev–Trinajstić information content (AvgIpc) is 3.29. The first-order chi connectivity index (χ1) is 17.3. The Bertz CT molecular complexity index is 1020. The molecule has 0 fully saturated rings. The molecular formula is C27H37N2O6P. The number of carbonyl (C=O) groups excluding carboxylic acids is 1. The van der Waals surface area contributed by atoms with Crippen LogP contribution in [0.25, 0.3) is 0 Å². The normalized spacial score (nSPS) is 15.7. The van der Waals surface area contributed by atoms with Crippen molar-refractivity contribution in [2.24, 2.45) is 5.73 Å². The number of carboxylic acids is 1. The van der Waals surface area contributed by atoms with E-state index in [-0.39, 0.29) is 18.6 Å². The fourth-order valence-corrected chi connectivity index (χ4v) is 6.03. The van der Waals surface area contributed by atoms with E-state index in [4.69, 9.17) is 10.3 Å². The summed E-state index contributed by atoms with van der Waals surface area (Å²) in [5.41, 5.74) is 8.92. The summed E-state index contributed by atoms with van der Waals surface area (Å²) in [7, 11) is -4.06. The van der Waals surface area contributed by atoms with Crippen LogP contribution >= 0.6 is 7.60 Å². The average molecular weight is 517 g/mol. The minimum absolute atomic E-state index is 0.0612. The molecule has 0 saturated heterocycles. The van der Waals surface area contributed by atoms with Gasteiger partial charge in [0, 0.05) is 6.04 Å². The molecular weight excluding hydrogens is 479 g/mol. The van der Waals surface area contributed by atoms with Crippen LogP contribution in [0.1, 0.15) is 48.8 Å². The molecule has 1 aliphatic carbocycles. The quantitative estimate of drug-likeness (QED) is 0.243. The Hall–Kier alpha value is -2.51. The Morgan fingerprint density at radius 3 is 2.25 bits per heavy atom. The third kappa shape index (κ3) is 8.56. The standard InChI is InChI=1S/C27H37N2O6P/c28-16-8-6-15-25(35-36(33,34)17-9-7-12-21-10-2-1-3-11-21)27(32)29(20-26(30)31)24-18-22-13-4-5-14-23(22)19-24/h1-5,10-11,13-14,24-25H,6-9,12,15-20,28H2,(H,30,31)(H,33,34). The highest BCUT2D eigenvalue weighted by Gasteiger charge is 2.37. The van der Waals surface area contributed by atoms with Crippen molar-refractivity contribution in [3.05, 3.63) is 71.3 Å². The first-order valence-electron chi connectivity index (χ1n) is 12.6. The minimum Gasteiger partial charge on any atom is -0.480 e. The predicted molar refractivity (Wildman–Crippen MR) is 139 cm³/mol. The highest BCUT2D eigenvalue weighted by atomic mass is 31.2. The Kier molecular flexibility index (Phi) is 10.7. The Balaban J connectivity index is 1.66. The predicted octanol–water partition coefficient (Wildman–Crippen LogP) is 3.79. The first kappa shape index (κ1) is 28.1. The van der Waals surface area contributed by atoms with Gasteiger partial charge in [0.1, 0.15) is 12.6 Å². The van der Waals surface area contributed by atoms with Crippen molar-refractivity contribution in [1.29, 1.82) is 0 Å². The monoisotopic (exact) mass is 516 g/mol. The molecule has 0 spiro atoms. The fraction of sp³-hybridized carbons (Fsp3) is 0.481. The second-order valence-corrected chi connectivity index (χ2v) is 11.3. The number of fused-ring (bicyclic) bond motifs is 1. The zero-order valence-electron chi connectivity index (χ0n) is 20.6. The van der Waals surface area contributed by atoms with Crippen LogP contribution in [0.2, 0.25) is 0 Å². The van der Waals surface area contributed by atoms with E-state index in [1.54, 1.807) is 0 Å². The third-order valence-corrected chi connectivity index (χ3v) is 8.01. The molecule has 1 aliphatic rings. The van der Waals surface area contributed by atoms with Crippen molar-refractivity contribution >= 4 is 19.5 Å². The SMILES string of the molecule is NCCCCC(OP(=O)(O)CCCCc1ccccc1)C(=O)N(CC(=O)O)C1Cc2ccccc2C1. The van der Waals surface area contributed by atoms with Gasteiger partial charge < -0.3 is 20.6 Å². The number of aryl methyl sites for hydroxylation is 1. The van der Waals surface area contributed by atoms with Crippen LogP contribution in [0.3, 0.4) is 0 Å². The van der Waals surface area contributed by atoms with E-state index >= 15 is 0 Å². The highest BCUT2D eigenvalue weighted by molar-refractivity contribution is 7.52. The molecule has 2 aromatic rings. The van der Waals surface area contributed by atoms with E-state index in [1.807, 2.05) is 54.6 Å². The van der Waals surface area contributed by atoms with Crippen molar-refractivity contribution in [1.82, 2.24) is 4.90 Å². The molecule has 9 heteroatoms. The summed E-state index contributed by atoms with van der Waals surface area (Å²) in [5, 5.41) is 9.52. The molecule has 0 radical (unpaired) electrons. The number of nitrogens with zero attached hydrogens (tertiary/aromatic N) is 1. The molecule has 2 aromatic carbocycles. The smallest absolute Gasteiger partial charge is 0.328 e. The van der Waals surface area contributed by atoms with Gasteiger partial charge >= 0.3 is 13.6 Å². The van der Waals surface area contributed by atoms with Crippen LogP contribution in [0, 0.1) is 0 Å². The molecule has 0 aliphatic heterocycles.